The molecule has 0 aromatic heterocycles. The topological polar surface area (TPSA) is 43.1 Å². The molecule has 19 heavy (non-hydrogen) atoms. The van der Waals surface area contributed by atoms with Crippen molar-refractivity contribution in [1.82, 2.24) is 0 Å². The molecular weight excluding hydrogens is 259 g/mol. The normalized spacial score (nSPS) is 11.3. The van der Waals surface area contributed by atoms with Crippen molar-refractivity contribution in [3.05, 3.63) is 64.2 Å². The largest absolute Gasteiger partial charge is 0.417 e. The van der Waals surface area contributed by atoms with Gasteiger partial charge in [-0.25, -0.2) is 0 Å². The summed E-state index contributed by atoms with van der Waals surface area (Å²) in [6, 6.07) is 10.5. The van der Waals surface area contributed by atoms with Crippen molar-refractivity contribution in [2.45, 2.75) is 6.18 Å². The summed E-state index contributed by atoms with van der Waals surface area (Å²) in [6.45, 7) is 0. The molecule has 0 amide bonds. The van der Waals surface area contributed by atoms with Gasteiger partial charge >= 0.3 is 6.18 Å². The molecule has 98 valence electrons. The lowest BCUT2D eigenvalue weighted by atomic mass is 9.97. The fourth-order valence-electron chi connectivity index (χ4n) is 1.84. The maximum Gasteiger partial charge on any atom is 0.417 e. The van der Waals surface area contributed by atoms with Gasteiger partial charge in [0.25, 0.3) is 5.69 Å². The number of nitro groups is 1. The van der Waals surface area contributed by atoms with E-state index in [1.54, 1.807) is 6.07 Å². The first-order valence-electron chi connectivity index (χ1n) is 5.31. The summed E-state index contributed by atoms with van der Waals surface area (Å²) in [5.41, 5.74) is -1.79. The third-order valence-electron chi connectivity index (χ3n) is 2.61. The van der Waals surface area contributed by atoms with Gasteiger partial charge in [0.05, 0.1) is 16.1 Å². The zero-order valence-corrected chi connectivity index (χ0v) is 9.52. The second-order valence-corrected chi connectivity index (χ2v) is 3.82. The van der Waals surface area contributed by atoms with Crippen molar-refractivity contribution < 1.29 is 18.1 Å². The number of benzene rings is 2. The SMILES string of the molecule is O=[N+]([O-])c1cccc(C(F)(F)F)c1-c1ccccc1. The maximum absolute atomic E-state index is 13.0. The maximum atomic E-state index is 13.0. The van der Waals surface area contributed by atoms with E-state index in [1.807, 2.05) is 0 Å². The highest BCUT2D eigenvalue weighted by Gasteiger charge is 2.36. The molecule has 2 rings (SSSR count). The first kappa shape index (κ1) is 13.1. The quantitative estimate of drug-likeness (QED) is 0.602. The average molecular weight is 267 g/mol. The van der Waals surface area contributed by atoms with Crippen LogP contribution in [-0.4, -0.2) is 4.92 Å². The van der Waals surface area contributed by atoms with E-state index in [2.05, 4.69) is 0 Å². The summed E-state index contributed by atoms with van der Waals surface area (Å²) in [5.74, 6) is 0. The molecular formula is C13H8F3NO2. The van der Waals surface area contributed by atoms with Crippen LogP contribution in [0.5, 0.6) is 0 Å². The van der Waals surface area contributed by atoms with E-state index in [1.165, 1.54) is 24.3 Å². The van der Waals surface area contributed by atoms with Gasteiger partial charge in [-0.05, 0) is 11.6 Å². The molecule has 0 spiro atoms. The molecule has 0 aliphatic rings. The van der Waals surface area contributed by atoms with Crippen LogP contribution >= 0.6 is 0 Å². The van der Waals surface area contributed by atoms with Crippen LogP contribution in [0.25, 0.3) is 11.1 Å². The van der Waals surface area contributed by atoms with Gasteiger partial charge in [-0.1, -0.05) is 36.4 Å². The minimum Gasteiger partial charge on any atom is -0.258 e. The van der Waals surface area contributed by atoms with Gasteiger partial charge in [0.1, 0.15) is 0 Å². The summed E-state index contributed by atoms with van der Waals surface area (Å²) in [4.78, 5) is 10.1. The molecule has 6 heteroatoms. The highest BCUT2D eigenvalue weighted by Crippen LogP contribution is 2.41. The first-order valence-corrected chi connectivity index (χ1v) is 5.31. The predicted molar refractivity (Wildman–Crippen MR) is 63.5 cm³/mol. The smallest absolute Gasteiger partial charge is 0.258 e. The van der Waals surface area contributed by atoms with Gasteiger partial charge in [-0.2, -0.15) is 13.2 Å². The van der Waals surface area contributed by atoms with Gasteiger partial charge in [0.2, 0.25) is 0 Å². The van der Waals surface area contributed by atoms with Gasteiger partial charge in [0.15, 0.2) is 0 Å². The molecule has 0 bridgehead atoms. The Morgan fingerprint density at radius 3 is 2.11 bits per heavy atom. The third kappa shape index (κ3) is 2.57. The first-order chi connectivity index (χ1) is 8.91. The number of nitrogens with zero attached hydrogens (tertiary/aromatic N) is 1. The molecule has 0 fully saturated rings. The van der Waals surface area contributed by atoms with Crippen LogP contribution in [0.2, 0.25) is 0 Å². The van der Waals surface area contributed by atoms with E-state index in [0.717, 1.165) is 18.2 Å². The Balaban J connectivity index is 2.78. The Kier molecular flexibility index (Phi) is 3.25. The fourth-order valence-corrected chi connectivity index (χ4v) is 1.84. The van der Waals surface area contributed by atoms with Crippen LogP contribution < -0.4 is 0 Å². The van der Waals surface area contributed by atoms with E-state index in [0.29, 0.717) is 0 Å². The molecule has 0 aliphatic heterocycles. The summed E-state index contributed by atoms with van der Waals surface area (Å²) in [6.07, 6.45) is -4.64. The molecule has 0 saturated carbocycles. The van der Waals surface area contributed by atoms with E-state index < -0.39 is 27.9 Å². The summed E-state index contributed by atoms with van der Waals surface area (Å²) in [5, 5.41) is 10.9. The molecule has 2 aromatic rings. The molecule has 0 heterocycles. The lowest BCUT2D eigenvalue weighted by Crippen LogP contribution is -2.08. The number of alkyl halides is 3. The van der Waals surface area contributed by atoms with Crippen LogP contribution in [-0.2, 0) is 6.18 Å². The van der Waals surface area contributed by atoms with Crippen molar-refractivity contribution in [1.29, 1.82) is 0 Å². The van der Waals surface area contributed by atoms with Crippen molar-refractivity contribution >= 4 is 5.69 Å². The van der Waals surface area contributed by atoms with Crippen molar-refractivity contribution in [2.24, 2.45) is 0 Å². The Morgan fingerprint density at radius 1 is 0.947 bits per heavy atom. The molecule has 0 N–H and O–H groups in total. The molecule has 0 aliphatic carbocycles. The Morgan fingerprint density at radius 2 is 1.58 bits per heavy atom. The van der Waals surface area contributed by atoms with Gasteiger partial charge in [-0.15, -0.1) is 0 Å². The monoisotopic (exact) mass is 267 g/mol. The second-order valence-electron chi connectivity index (χ2n) is 3.82. The van der Waals surface area contributed by atoms with Crippen LogP contribution in [0.1, 0.15) is 5.56 Å². The average Bonchev–Trinajstić information content (AvgIpc) is 2.37. The van der Waals surface area contributed by atoms with E-state index in [-0.39, 0.29) is 5.56 Å². The zero-order chi connectivity index (χ0) is 14.0. The van der Waals surface area contributed by atoms with Gasteiger partial charge < -0.3 is 0 Å². The molecule has 0 saturated heterocycles. The Bertz CT molecular complexity index is 609. The zero-order valence-electron chi connectivity index (χ0n) is 9.52. The fraction of sp³-hybridized carbons (Fsp3) is 0.0769. The van der Waals surface area contributed by atoms with E-state index in [9.17, 15) is 23.3 Å². The molecule has 2 aromatic carbocycles. The number of halogens is 3. The minimum atomic E-state index is -4.64. The standard InChI is InChI=1S/C13H8F3NO2/c14-13(15,16)10-7-4-8-11(17(18)19)12(10)9-5-2-1-3-6-9/h1-8H. The predicted octanol–water partition coefficient (Wildman–Crippen LogP) is 4.28. The summed E-state index contributed by atoms with van der Waals surface area (Å²) < 4.78 is 38.9. The number of nitro benzene ring substituents is 1. The van der Waals surface area contributed by atoms with Crippen LogP contribution in [0.4, 0.5) is 18.9 Å². The van der Waals surface area contributed by atoms with Crippen molar-refractivity contribution in [2.75, 3.05) is 0 Å². The molecule has 0 atom stereocenters. The Labute approximate surface area is 106 Å². The summed E-state index contributed by atoms with van der Waals surface area (Å²) in [7, 11) is 0. The molecule has 3 nitrogen and oxygen atoms in total. The number of hydrogen-bond donors (Lipinski definition) is 0. The van der Waals surface area contributed by atoms with Crippen LogP contribution in [0.15, 0.2) is 48.5 Å². The third-order valence-corrected chi connectivity index (χ3v) is 2.61. The van der Waals surface area contributed by atoms with Crippen LogP contribution in [0.3, 0.4) is 0 Å². The molecule has 0 radical (unpaired) electrons. The lowest BCUT2D eigenvalue weighted by Gasteiger charge is -2.13. The Hall–Kier alpha value is -2.37. The van der Waals surface area contributed by atoms with Crippen molar-refractivity contribution in [3.8, 4) is 11.1 Å². The van der Waals surface area contributed by atoms with Gasteiger partial charge in [0, 0.05) is 6.07 Å². The van der Waals surface area contributed by atoms with Crippen LogP contribution in [0, 0.1) is 10.1 Å². The number of rotatable bonds is 2. The lowest BCUT2D eigenvalue weighted by molar-refractivity contribution is -0.384. The highest BCUT2D eigenvalue weighted by molar-refractivity contribution is 5.77. The molecule has 0 unspecified atom stereocenters. The minimum absolute atomic E-state index is 0.169. The second kappa shape index (κ2) is 4.72. The highest BCUT2D eigenvalue weighted by atomic mass is 19.4. The summed E-state index contributed by atoms with van der Waals surface area (Å²) >= 11 is 0. The van der Waals surface area contributed by atoms with Crippen molar-refractivity contribution in [3.63, 3.8) is 0 Å². The van der Waals surface area contributed by atoms with E-state index in [4.69, 9.17) is 0 Å². The number of hydrogen-bond acceptors (Lipinski definition) is 2. The van der Waals surface area contributed by atoms with E-state index >= 15 is 0 Å². The van der Waals surface area contributed by atoms with Gasteiger partial charge in [-0.3, -0.25) is 10.1 Å².